The van der Waals surface area contributed by atoms with Gasteiger partial charge in [0, 0.05) is 18.5 Å². The van der Waals surface area contributed by atoms with E-state index >= 15 is 0 Å². The zero-order valence-electron chi connectivity index (χ0n) is 14.0. The molecule has 0 atom stereocenters. The van der Waals surface area contributed by atoms with Crippen LogP contribution in [0, 0.1) is 6.92 Å². The molecule has 0 spiro atoms. The molecule has 6 nitrogen and oxygen atoms in total. The van der Waals surface area contributed by atoms with Gasteiger partial charge in [-0.15, -0.1) is 0 Å². The molecular weight excluding hydrogens is 358 g/mol. The predicted molar refractivity (Wildman–Crippen MR) is 102 cm³/mol. The molecule has 1 aliphatic rings. The summed E-state index contributed by atoms with van der Waals surface area (Å²) in [6.45, 7) is 2.55. The van der Waals surface area contributed by atoms with Crippen molar-refractivity contribution in [2.75, 3.05) is 12.3 Å². The van der Waals surface area contributed by atoms with Crippen LogP contribution in [0.4, 0.5) is 0 Å². The number of carbonyl (C=O) groups is 3. The van der Waals surface area contributed by atoms with Gasteiger partial charge in [-0.05, 0) is 31.9 Å². The number of amides is 3. The Kier molecular flexibility index (Phi) is 7.39. The van der Waals surface area contributed by atoms with E-state index in [0.717, 1.165) is 18.4 Å². The standard InChI is InChI=1S/C17H21N3O3S2/c1-12-6-8-13(9-7-12)16(23)19-18-14(21)5-3-2-4-10-20-15(22)11-25-17(20)24/h6-9H,2-5,10-11H2,1H3,(H,18,21)(H,19,23). The van der Waals surface area contributed by atoms with E-state index < -0.39 is 0 Å². The van der Waals surface area contributed by atoms with E-state index in [-0.39, 0.29) is 17.7 Å². The fraction of sp³-hybridized carbons (Fsp3) is 0.412. The van der Waals surface area contributed by atoms with E-state index in [9.17, 15) is 14.4 Å². The summed E-state index contributed by atoms with van der Waals surface area (Å²) in [7, 11) is 0. The van der Waals surface area contributed by atoms with E-state index in [2.05, 4.69) is 10.9 Å². The van der Waals surface area contributed by atoms with Gasteiger partial charge in [-0.2, -0.15) is 0 Å². The first-order valence-corrected chi connectivity index (χ1v) is 9.50. The molecule has 1 aliphatic heterocycles. The minimum atomic E-state index is -0.341. The van der Waals surface area contributed by atoms with Gasteiger partial charge in [0.1, 0.15) is 4.32 Å². The molecule has 1 aromatic rings. The van der Waals surface area contributed by atoms with Gasteiger partial charge in [0.25, 0.3) is 5.91 Å². The Hall–Kier alpha value is -1.93. The topological polar surface area (TPSA) is 78.5 Å². The van der Waals surface area contributed by atoms with Gasteiger partial charge < -0.3 is 0 Å². The summed E-state index contributed by atoms with van der Waals surface area (Å²) in [5, 5.41) is 0. The van der Waals surface area contributed by atoms with Gasteiger partial charge in [0.15, 0.2) is 0 Å². The van der Waals surface area contributed by atoms with Crippen LogP contribution in [0.25, 0.3) is 0 Å². The maximum atomic E-state index is 11.9. The summed E-state index contributed by atoms with van der Waals surface area (Å²) in [5.41, 5.74) is 6.38. The van der Waals surface area contributed by atoms with Crippen molar-refractivity contribution >= 4 is 46.0 Å². The molecule has 134 valence electrons. The van der Waals surface area contributed by atoms with E-state index in [1.165, 1.54) is 11.8 Å². The van der Waals surface area contributed by atoms with Gasteiger partial charge in [0.2, 0.25) is 11.8 Å². The first-order valence-electron chi connectivity index (χ1n) is 8.10. The number of thioether (sulfide) groups is 1. The highest BCUT2D eigenvalue weighted by molar-refractivity contribution is 8.23. The van der Waals surface area contributed by atoms with Crippen molar-refractivity contribution < 1.29 is 14.4 Å². The summed E-state index contributed by atoms with van der Waals surface area (Å²) in [5.74, 6) is -0.0793. The van der Waals surface area contributed by atoms with Gasteiger partial charge in [0.05, 0.1) is 5.75 Å². The van der Waals surface area contributed by atoms with E-state index in [0.29, 0.717) is 35.0 Å². The molecule has 0 aliphatic carbocycles. The Labute approximate surface area is 156 Å². The second kappa shape index (κ2) is 9.53. The summed E-state index contributed by atoms with van der Waals surface area (Å²) in [6.07, 6.45) is 2.63. The predicted octanol–water partition coefficient (Wildman–Crippen LogP) is 2.18. The Morgan fingerprint density at radius 3 is 2.52 bits per heavy atom. The molecule has 0 radical (unpaired) electrons. The van der Waals surface area contributed by atoms with Gasteiger partial charge in [-0.25, -0.2) is 0 Å². The van der Waals surface area contributed by atoms with Crippen LogP contribution in [0.2, 0.25) is 0 Å². The van der Waals surface area contributed by atoms with Crippen molar-refractivity contribution in [3.05, 3.63) is 35.4 Å². The summed E-state index contributed by atoms with van der Waals surface area (Å²) in [4.78, 5) is 36.8. The number of hydrogen-bond acceptors (Lipinski definition) is 5. The molecule has 0 bridgehead atoms. The van der Waals surface area contributed by atoms with Crippen molar-refractivity contribution in [1.29, 1.82) is 0 Å². The van der Waals surface area contributed by atoms with Crippen LogP contribution >= 0.6 is 24.0 Å². The SMILES string of the molecule is Cc1ccc(C(=O)NNC(=O)CCCCCN2C(=O)CSC2=S)cc1. The van der Waals surface area contributed by atoms with Crippen LogP contribution < -0.4 is 10.9 Å². The van der Waals surface area contributed by atoms with Crippen molar-refractivity contribution in [2.45, 2.75) is 32.6 Å². The fourth-order valence-electron chi connectivity index (χ4n) is 2.30. The highest BCUT2D eigenvalue weighted by Gasteiger charge is 2.25. The summed E-state index contributed by atoms with van der Waals surface area (Å²) in [6, 6.07) is 7.09. The number of thiocarbonyl (C=S) groups is 1. The zero-order chi connectivity index (χ0) is 18.2. The molecular formula is C17H21N3O3S2. The number of hydrogen-bond donors (Lipinski definition) is 2. The quantitative estimate of drug-likeness (QED) is 0.431. The van der Waals surface area contributed by atoms with E-state index in [1.54, 1.807) is 17.0 Å². The van der Waals surface area contributed by atoms with Gasteiger partial charge in [-0.1, -0.05) is 48.1 Å². The van der Waals surface area contributed by atoms with Crippen LogP contribution in [-0.4, -0.2) is 39.2 Å². The molecule has 2 N–H and O–H groups in total. The van der Waals surface area contributed by atoms with Crippen LogP contribution in [0.3, 0.4) is 0 Å². The number of hydrazine groups is 1. The number of nitrogens with zero attached hydrogens (tertiary/aromatic N) is 1. The molecule has 1 saturated heterocycles. The lowest BCUT2D eigenvalue weighted by atomic mass is 10.1. The molecule has 0 saturated carbocycles. The average Bonchev–Trinajstić information content (AvgIpc) is 2.91. The van der Waals surface area contributed by atoms with Crippen LogP contribution in [0.15, 0.2) is 24.3 Å². The molecule has 0 aromatic heterocycles. The number of nitrogens with one attached hydrogen (secondary N) is 2. The minimum Gasteiger partial charge on any atom is -0.297 e. The zero-order valence-corrected chi connectivity index (χ0v) is 15.7. The lowest BCUT2D eigenvalue weighted by molar-refractivity contribution is -0.124. The summed E-state index contributed by atoms with van der Waals surface area (Å²) >= 11 is 6.50. The highest BCUT2D eigenvalue weighted by atomic mass is 32.2. The Morgan fingerprint density at radius 1 is 1.16 bits per heavy atom. The minimum absolute atomic E-state index is 0.0616. The first kappa shape index (κ1) is 19.4. The second-order valence-electron chi connectivity index (χ2n) is 5.78. The third kappa shape index (κ3) is 6.13. The van der Waals surface area contributed by atoms with Gasteiger partial charge in [-0.3, -0.25) is 30.1 Å². The van der Waals surface area contributed by atoms with Crippen molar-refractivity contribution in [3.63, 3.8) is 0 Å². The van der Waals surface area contributed by atoms with Crippen molar-refractivity contribution in [3.8, 4) is 0 Å². The highest BCUT2D eigenvalue weighted by Crippen LogP contribution is 2.19. The van der Waals surface area contributed by atoms with Crippen LogP contribution in [-0.2, 0) is 9.59 Å². The van der Waals surface area contributed by atoms with Gasteiger partial charge >= 0.3 is 0 Å². The molecule has 1 heterocycles. The Bertz CT molecular complexity index is 646. The Morgan fingerprint density at radius 2 is 1.88 bits per heavy atom. The van der Waals surface area contributed by atoms with Crippen LogP contribution in [0.5, 0.6) is 0 Å². The molecule has 1 aromatic carbocycles. The lowest BCUT2D eigenvalue weighted by Gasteiger charge is -2.14. The molecule has 8 heteroatoms. The van der Waals surface area contributed by atoms with E-state index in [1.807, 2.05) is 19.1 Å². The maximum absolute atomic E-state index is 11.9. The molecule has 25 heavy (non-hydrogen) atoms. The largest absolute Gasteiger partial charge is 0.297 e. The van der Waals surface area contributed by atoms with Crippen molar-refractivity contribution in [1.82, 2.24) is 15.8 Å². The molecule has 1 fully saturated rings. The van der Waals surface area contributed by atoms with E-state index in [4.69, 9.17) is 12.2 Å². The molecule has 0 unspecified atom stereocenters. The Balaban J connectivity index is 1.58. The number of rotatable bonds is 7. The van der Waals surface area contributed by atoms with Crippen molar-refractivity contribution in [2.24, 2.45) is 0 Å². The number of aryl methyl sites for hydroxylation is 1. The molecule has 2 rings (SSSR count). The third-order valence-corrected chi connectivity index (χ3v) is 5.19. The smallest absolute Gasteiger partial charge is 0.269 e. The number of unbranched alkanes of at least 4 members (excludes halogenated alkanes) is 2. The normalized spacial score (nSPS) is 13.9. The number of carbonyl (C=O) groups excluding carboxylic acids is 3. The average molecular weight is 380 g/mol. The maximum Gasteiger partial charge on any atom is 0.269 e. The fourth-order valence-corrected chi connectivity index (χ4v) is 3.42. The molecule has 3 amide bonds. The monoisotopic (exact) mass is 379 g/mol. The first-order chi connectivity index (χ1) is 12.0. The lowest BCUT2D eigenvalue weighted by Crippen LogP contribution is -2.41. The van der Waals surface area contributed by atoms with Crippen LogP contribution in [0.1, 0.15) is 41.6 Å². The third-order valence-electron chi connectivity index (χ3n) is 3.76. The number of benzene rings is 1. The second-order valence-corrected chi connectivity index (χ2v) is 7.39. The summed E-state index contributed by atoms with van der Waals surface area (Å²) < 4.78 is 0.640.